The van der Waals surface area contributed by atoms with Crippen molar-refractivity contribution in [2.45, 2.75) is 72.3 Å². The first-order valence-corrected chi connectivity index (χ1v) is 11.0. The Labute approximate surface area is 217 Å². The summed E-state index contributed by atoms with van der Waals surface area (Å²) in [6.45, 7) is 8.44. The number of allylic oxidation sites excluding steroid dienone is 5. The summed E-state index contributed by atoms with van der Waals surface area (Å²) in [5.74, 6) is -1.85. The second-order valence-corrected chi connectivity index (χ2v) is 8.42. The molecule has 0 unspecified atom stereocenters. The number of amides is 1. The van der Waals surface area contributed by atoms with E-state index in [-0.39, 0.29) is 59.2 Å². The van der Waals surface area contributed by atoms with Crippen LogP contribution < -0.4 is 5.32 Å². The van der Waals surface area contributed by atoms with Gasteiger partial charge in [0.1, 0.15) is 6.04 Å². The fraction of sp³-hybridized carbons (Fsp3) is 0.591. The molecule has 0 aromatic rings. The van der Waals surface area contributed by atoms with Crippen LogP contribution in [-0.2, 0) is 14.4 Å². The fourth-order valence-corrected chi connectivity index (χ4v) is 3.39. The van der Waals surface area contributed by atoms with Gasteiger partial charge in [0.15, 0.2) is 0 Å². The predicted octanol–water partition coefficient (Wildman–Crippen LogP) is 4.42. The van der Waals surface area contributed by atoms with Crippen molar-refractivity contribution >= 4 is 67.3 Å². The maximum atomic E-state index is 11.6. The zero-order valence-corrected chi connectivity index (χ0v) is 21.7. The number of carboxylic acids is 2. The minimum atomic E-state index is -1.12. The van der Waals surface area contributed by atoms with Gasteiger partial charge in [-0.05, 0) is 53.4 Å². The van der Waals surface area contributed by atoms with E-state index in [4.69, 9.17) is 5.11 Å². The summed E-state index contributed by atoms with van der Waals surface area (Å²) in [5.41, 5.74) is 4.00. The van der Waals surface area contributed by atoms with E-state index in [1.807, 2.05) is 0 Å². The van der Waals surface area contributed by atoms with Gasteiger partial charge in [-0.1, -0.05) is 34.9 Å². The van der Waals surface area contributed by atoms with E-state index >= 15 is 0 Å². The number of hydrogen-bond donors (Lipinski definition) is 3. The van der Waals surface area contributed by atoms with Gasteiger partial charge in [0, 0.05) is 17.9 Å². The monoisotopic (exact) mass is 467 g/mol. The number of carbonyl (C=O) groups is 3. The first-order chi connectivity index (χ1) is 13.6. The van der Waals surface area contributed by atoms with Crippen LogP contribution in [-0.4, -0.2) is 83.3 Å². The molecule has 0 rings (SSSR count). The van der Waals surface area contributed by atoms with E-state index in [0.29, 0.717) is 5.75 Å². The number of carboxylic acid groups (broad SMARTS) is 2. The largest absolute Gasteiger partial charge is 2.00 e. The van der Waals surface area contributed by atoms with Gasteiger partial charge < -0.3 is 18.4 Å². The van der Waals surface area contributed by atoms with Gasteiger partial charge in [-0.25, -0.2) is 4.79 Å². The first-order valence-electron chi connectivity index (χ1n) is 9.88. The Kier molecular flexibility index (Phi) is 19.9. The Morgan fingerprint density at radius 2 is 1.47 bits per heavy atom. The number of nitrogens with one attached hydrogen (secondary N) is 1. The van der Waals surface area contributed by atoms with Gasteiger partial charge in [-0.2, -0.15) is 11.8 Å². The van der Waals surface area contributed by atoms with Gasteiger partial charge in [0.05, 0.1) is 6.42 Å². The van der Waals surface area contributed by atoms with Crippen LogP contribution in [0.5, 0.6) is 0 Å². The van der Waals surface area contributed by atoms with Gasteiger partial charge in [0.2, 0.25) is 5.91 Å². The molecule has 3 N–H and O–H groups in total. The van der Waals surface area contributed by atoms with Crippen LogP contribution in [0.3, 0.4) is 0 Å². The van der Waals surface area contributed by atoms with E-state index in [1.54, 1.807) is 0 Å². The minimum absolute atomic E-state index is 0. The predicted molar refractivity (Wildman–Crippen MR) is 127 cm³/mol. The maximum absolute atomic E-state index is 11.6. The van der Waals surface area contributed by atoms with Crippen molar-refractivity contribution < 1.29 is 27.4 Å². The fourth-order valence-electron chi connectivity index (χ4n) is 2.39. The molecule has 0 heterocycles. The molecule has 0 aliphatic heterocycles. The van der Waals surface area contributed by atoms with Crippen LogP contribution in [0, 0.1) is 0 Å². The van der Waals surface area contributed by atoms with Crippen molar-refractivity contribution in [2.24, 2.45) is 0 Å². The summed E-state index contributed by atoms with van der Waals surface area (Å²) < 4.78 is 0. The minimum Gasteiger partial charge on any atom is -1.00 e. The summed E-state index contributed by atoms with van der Waals surface area (Å²) in [6, 6.07) is -1.01. The Morgan fingerprint density at radius 3 is 2.00 bits per heavy atom. The van der Waals surface area contributed by atoms with Crippen LogP contribution in [0.25, 0.3) is 0 Å². The molecule has 0 radical (unpaired) electrons. The number of aliphatic carboxylic acids is 2. The van der Waals surface area contributed by atoms with Crippen molar-refractivity contribution in [1.82, 2.24) is 5.32 Å². The number of hydrogen-bond acceptors (Lipinski definition) is 4. The molecule has 0 aromatic heterocycles. The third kappa shape index (κ3) is 19.2. The molecular formula is C22H37CaNO5S. The topological polar surface area (TPSA) is 104 Å². The number of rotatable bonds is 15. The summed E-state index contributed by atoms with van der Waals surface area (Å²) in [7, 11) is 0. The van der Waals surface area contributed by atoms with E-state index in [2.05, 4.69) is 51.2 Å². The van der Waals surface area contributed by atoms with Crippen molar-refractivity contribution in [3.05, 3.63) is 34.9 Å². The third-order valence-electron chi connectivity index (χ3n) is 4.16. The summed E-state index contributed by atoms with van der Waals surface area (Å²) in [5, 5.41) is 20.1. The van der Waals surface area contributed by atoms with Gasteiger partial charge in [-0.3, -0.25) is 9.59 Å². The number of thioether (sulfide) groups is 1. The van der Waals surface area contributed by atoms with Crippen LogP contribution in [0.15, 0.2) is 34.9 Å². The molecule has 0 fully saturated rings. The van der Waals surface area contributed by atoms with Crippen molar-refractivity contribution in [2.75, 3.05) is 11.5 Å². The SMILES string of the molecule is CC(C)=CCC/C(C)=C/CC/C(C)=C/CSC[C@H](NC(=O)CCC(=O)O)C(=O)O.[Ca+2].[H-].[H-]. The van der Waals surface area contributed by atoms with E-state index in [0.717, 1.165) is 25.7 Å². The Morgan fingerprint density at radius 1 is 0.900 bits per heavy atom. The van der Waals surface area contributed by atoms with Gasteiger partial charge in [0.25, 0.3) is 0 Å². The van der Waals surface area contributed by atoms with Crippen molar-refractivity contribution in [1.29, 1.82) is 0 Å². The molecule has 168 valence electrons. The molecule has 0 aliphatic carbocycles. The molecule has 0 bridgehead atoms. The zero-order chi connectivity index (χ0) is 22.2. The van der Waals surface area contributed by atoms with Crippen LogP contribution in [0.2, 0.25) is 0 Å². The van der Waals surface area contributed by atoms with E-state index in [9.17, 15) is 19.5 Å². The smallest absolute Gasteiger partial charge is 1.00 e. The first kappa shape index (κ1) is 31.4. The summed E-state index contributed by atoms with van der Waals surface area (Å²) >= 11 is 1.43. The van der Waals surface area contributed by atoms with Crippen LogP contribution in [0.1, 0.15) is 69.1 Å². The van der Waals surface area contributed by atoms with E-state index in [1.165, 1.54) is 28.5 Å². The van der Waals surface area contributed by atoms with Crippen LogP contribution in [0.4, 0.5) is 0 Å². The average Bonchev–Trinajstić information content (AvgIpc) is 2.61. The molecular weight excluding hydrogens is 430 g/mol. The van der Waals surface area contributed by atoms with Gasteiger partial charge in [-0.15, -0.1) is 0 Å². The molecule has 0 aromatic carbocycles. The Bertz CT molecular complexity index is 650. The molecule has 6 nitrogen and oxygen atoms in total. The summed E-state index contributed by atoms with van der Waals surface area (Å²) in [4.78, 5) is 33.3. The zero-order valence-electron chi connectivity index (χ0n) is 20.7. The van der Waals surface area contributed by atoms with E-state index < -0.39 is 23.9 Å². The molecule has 30 heavy (non-hydrogen) atoms. The van der Waals surface area contributed by atoms with Crippen LogP contribution >= 0.6 is 11.8 Å². The molecule has 0 saturated heterocycles. The molecule has 8 heteroatoms. The maximum Gasteiger partial charge on any atom is 2.00 e. The van der Waals surface area contributed by atoms with Crippen molar-refractivity contribution in [3.8, 4) is 0 Å². The Balaban J connectivity index is -0.00000131. The number of carbonyl (C=O) groups excluding carboxylic acids is 1. The second-order valence-electron chi connectivity index (χ2n) is 7.35. The molecule has 1 amide bonds. The molecule has 0 saturated carbocycles. The third-order valence-corrected chi connectivity index (χ3v) is 5.13. The normalized spacial score (nSPS) is 12.5. The van der Waals surface area contributed by atoms with Gasteiger partial charge >= 0.3 is 49.7 Å². The summed E-state index contributed by atoms with van der Waals surface area (Å²) in [6.07, 6.45) is 10.2. The molecule has 0 spiro atoms. The average molecular weight is 468 g/mol. The second kappa shape index (κ2) is 19.0. The van der Waals surface area contributed by atoms with Crippen molar-refractivity contribution in [3.63, 3.8) is 0 Å². The standard InChI is InChI=1S/C22H35NO5S.Ca.2H/c1-16(2)7-5-8-17(3)9-6-10-18(4)13-14-29-15-19(22(27)28)23-20(24)11-12-21(25)26;;;/h7,9,13,19H,5-6,8,10-12,14-15H2,1-4H3,(H,23,24)(H,25,26)(H,27,28);;;/q;+2;2*-1/b17-9+,18-13+;;;/t19-;;;/m0.../s1. The Hall–Kier alpha value is -0.760. The molecule has 0 aliphatic rings. The quantitative estimate of drug-likeness (QED) is 0.187. The molecule has 1 atom stereocenters.